The van der Waals surface area contributed by atoms with Gasteiger partial charge in [-0.3, -0.25) is 0 Å². The summed E-state index contributed by atoms with van der Waals surface area (Å²) in [4.78, 5) is 12.8. The van der Waals surface area contributed by atoms with Crippen molar-refractivity contribution in [2.45, 2.75) is 46.0 Å². The van der Waals surface area contributed by atoms with Crippen LogP contribution in [-0.4, -0.2) is 49.4 Å². The van der Waals surface area contributed by atoms with Gasteiger partial charge in [0.1, 0.15) is 8.07 Å². The van der Waals surface area contributed by atoms with Gasteiger partial charge in [-0.2, -0.15) is 0 Å². The van der Waals surface area contributed by atoms with Gasteiger partial charge < -0.3 is 9.75 Å². The lowest BCUT2D eigenvalue weighted by Gasteiger charge is -2.48. The van der Waals surface area contributed by atoms with E-state index < -0.39 is 8.07 Å². The molecule has 2 rings (SSSR count). The average Bonchev–Trinajstić information content (AvgIpc) is 2.76. The standard InChI is InChI=1S/C19H30N2O2Si/c1-8-21-15(3)17(18(22)23-9-2)19(4,20(21)5)24(6,7)16-13-11-10-12-14-16/h10-14H,8-9H2,1-7H3. The Morgan fingerprint density at radius 2 is 1.79 bits per heavy atom. The fraction of sp³-hybridized carbons (Fsp3) is 0.526. The predicted octanol–water partition coefficient (Wildman–Crippen LogP) is 2.92. The number of benzene rings is 1. The van der Waals surface area contributed by atoms with Crippen LogP contribution in [0, 0.1) is 0 Å². The number of nitrogens with zero attached hydrogens (tertiary/aromatic N) is 2. The molecule has 0 spiro atoms. The second kappa shape index (κ2) is 6.73. The van der Waals surface area contributed by atoms with Gasteiger partial charge in [-0.1, -0.05) is 48.6 Å². The topological polar surface area (TPSA) is 32.8 Å². The van der Waals surface area contributed by atoms with Gasteiger partial charge in [-0.25, -0.2) is 9.80 Å². The van der Waals surface area contributed by atoms with Gasteiger partial charge in [0.05, 0.1) is 17.3 Å². The van der Waals surface area contributed by atoms with Crippen molar-refractivity contribution in [1.29, 1.82) is 0 Å². The molecule has 1 atom stereocenters. The number of ether oxygens (including phenoxy) is 1. The highest BCUT2D eigenvalue weighted by Gasteiger charge is 2.58. The second-order valence-corrected chi connectivity index (χ2v) is 11.8. The molecule has 1 aromatic carbocycles. The van der Waals surface area contributed by atoms with E-state index in [1.807, 2.05) is 19.9 Å². The van der Waals surface area contributed by atoms with E-state index in [0.29, 0.717) is 6.61 Å². The van der Waals surface area contributed by atoms with Crippen LogP contribution in [0.2, 0.25) is 13.1 Å². The fourth-order valence-electron chi connectivity index (χ4n) is 3.96. The Hall–Kier alpha value is -1.59. The number of esters is 1. The molecule has 4 nitrogen and oxygen atoms in total. The van der Waals surface area contributed by atoms with Crippen molar-refractivity contribution in [2.75, 3.05) is 20.2 Å². The van der Waals surface area contributed by atoms with Crippen molar-refractivity contribution >= 4 is 19.2 Å². The number of carbonyl (C=O) groups is 1. The molecule has 1 aliphatic rings. The molecule has 0 N–H and O–H groups in total. The van der Waals surface area contributed by atoms with Crippen LogP contribution in [0.25, 0.3) is 0 Å². The molecule has 132 valence electrons. The van der Waals surface area contributed by atoms with Crippen LogP contribution in [0.15, 0.2) is 41.6 Å². The molecule has 0 saturated heterocycles. The second-order valence-electron chi connectivity index (χ2n) is 6.98. The summed E-state index contributed by atoms with van der Waals surface area (Å²) in [6, 6.07) is 10.6. The average molecular weight is 347 g/mol. The highest BCUT2D eigenvalue weighted by atomic mass is 28.3. The SMILES string of the molecule is CCOC(=O)C1=C(C)N(CC)N(C)C1(C)[Si](C)(C)c1ccccc1. The molecule has 0 aliphatic carbocycles. The third-order valence-electron chi connectivity index (χ3n) is 5.74. The van der Waals surface area contributed by atoms with Gasteiger partial charge in [-0.15, -0.1) is 0 Å². The number of allylic oxidation sites excluding steroid dienone is 1. The summed E-state index contributed by atoms with van der Waals surface area (Å²) in [7, 11) is 0.0313. The van der Waals surface area contributed by atoms with Gasteiger partial charge in [0, 0.05) is 19.3 Å². The molecule has 0 amide bonds. The molecular formula is C19H30N2O2Si. The Labute approximate surface area is 147 Å². The van der Waals surface area contributed by atoms with E-state index in [4.69, 9.17) is 4.74 Å². The molecule has 1 aliphatic heterocycles. The maximum absolute atomic E-state index is 12.8. The Balaban J connectivity index is 2.65. The van der Waals surface area contributed by atoms with Crippen molar-refractivity contribution in [3.05, 3.63) is 41.6 Å². The van der Waals surface area contributed by atoms with Crippen LogP contribution in [0.3, 0.4) is 0 Å². The first-order valence-electron chi connectivity index (χ1n) is 8.68. The Morgan fingerprint density at radius 3 is 2.29 bits per heavy atom. The number of likely N-dealkylation sites (N-methyl/N-ethyl adjacent to an activating group) is 1. The lowest BCUT2D eigenvalue weighted by atomic mass is 10.1. The fourth-order valence-corrected chi connectivity index (χ4v) is 7.39. The molecule has 0 fully saturated rings. The highest BCUT2D eigenvalue weighted by molar-refractivity contribution is 6.93. The summed E-state index contributed by atoms with van der Waals surface area (Å²) in [5.74, 6) is -0.184. The van der Waals surface area contributed by atoms with Gasteiger partial charge >= 0.3 is 5.97 Å². The third-order valence-corrected chi connectivity index (χ3v) is 10.5. The summed E-state index contributed by atoms with van der Waals surface area (Å²) in [5, 5.41) is 5.44. The van der Waals surface area contributed by atoms with Crippen molar-refractivity contribution in [3.8, 4) is 0 Å². The van der Waals surface area contributed by atoms with Crippen LogP contribution in [0.1, 0.15) is 27.7 Å². The molecule has 0 aromatic heterocycles. The molecule has 0 radical (unpaired) electrons. The summed E-state index contributed by atoms with van der Waals surface area (Å²) in [5.41, 5.74) is 1.83. The Morgan fingerprint density at radius 1 is 1.21 bits per heavy atom. The first-order valence-corrected chi connectivity index (χ1v) is 11.7. The number of carbonyl (C=O) groups excluding carboxylic acids is 1. The number of hydrogen-bond donors (Lipinski definition) is 0. The first-order chi connectivity index (χ1) is 11.2. The smallest absolute Gasteiger partial charge is 0.337 e. The van der Waals surface area contributed by atoms with Crippen molar-refractivity contribution in [1.82, 2.24) is 10.0 Å². The van der Waals surface area contributed by atoms with Crippen LogP contribution < -0.4 is 5.19 Å². The first kappa shape index (κ1) is 18.7. The van der Waals surface area contributed by atoms with Gasteiger partial charge in [-0.05, 0) is 27.7 Å². The zero-order valence-electron chi connectivity index (χ0n) is 16.0. The van der Waals surface area contributed by atoms with Crippen LogP contribution >= 0.6 is 0 Å². The van der Waals surface area contributed by atoms with Crippen LogP contribution in [0.5, 0.6) is 0 Å². The Kier molecular flexibility index (Phi) is 5.25. The largest absolute Gasteiger partial charge is 0.463 e. The third kappa shape index (κ3) is 2.60. The quantitative estimate of drug-likeness (QED) is 0.606. The molecular weight excluding hydrogens is 316 g/mol. The number of hydrazine groups is 1. The number of rotatable bonds is 5. The number of hydrogen-bond acceptors (Lipinski definition) is 4. The van der Waals surface area contributed by atoms with E-state index in [0.717, 1.165) is 17.8 Å². The lowest BCUT2D eigenvalue weighted by Crippen LogP contribution is -2.69. The monoisotopic (exact) mass is 346 g/mol. The van der Waals surface area contributed by atoms with Gasteiger partial charge in [0.15, 0.2) is 0 Å². The molecule has 1 aromatic rings. The summed E-state index contributed by atoms with van der Waals surface area (Å²) in [6.07, 6.45) is 0. The Bertz CT molecular complexity index is 642. The van der Waals surface area contributed by atoms with E-state index in [1.165, 1.54) is 5.19 Å². The summed E-state index contributed by atoms with van der Waals surface area (Å²) < 4.78 is 5.44. The van der Waals surface area contributed by atoms with E-state index in [-0.39, 0.29) is 11.1 Å². The van der Waals surface area contributed by atoms with Crippen LogP contribution in [-0.2, 0) is 9.53 Å². The molecule has 5 heteroatoms. The summed E-state index contributed by atoms with van der Waals surface area (Å²) >= 11 is 0. The predicted molar refractivity (Wildman–Crippen MR) is 101 cm³/mol. The minimum Gasteiger partial charge on any atom is -0.463 e. The molecule has 1 unspecified atom stereocenters. The molecule has 0 bridgehead atoms. The maximum atomic E-state index is 12.8. The van der Waals surface area contributed by atoms with Crippen molar-refractivity contribution < 1.29 is 9.53 Å². The zero-order chi connectivity index (χ0) is 18.1. The van der Waals surface area contributed by atoms with Gasteiger partial charge in [0.2, 0.25) is 0 Å². The van der Waals surface area contributed by atoms with E-state index >= 15 is 0 Å². The maximum Gasteiger partial charge on any atom is 0.337 e. The highest BCUT2D eigenvalue weighted by Crippen LogP contribution is 2.43. The van der Waals surface area contributed by atoms with E-state index in [9.17, 15) is 4.79 Å². The molecule has 24 heavy (non-hydrogen) atoms. The van der Waals surface area contributed by atoms with Crippen molar-refractivity contribution in [3.63, 3.8) is 0 Å². The van der Waals surface area contributed by atoms with E-state index in [1.54, 1.807) is 0 Å². The minimum absolute atomic E-state index is 0.184. The lowest BCUT2D eigenvalue weighted by molar-refractivity contribution is -0.139. The summed E-state index contributed by atoms with van der Waals surface area (Å²) in [6.45, 7) is 14.1. The minimum atomic E-state index is -2.06. The van der Waals surface area contributed by atoms with Crippen molar-refractivity contribution in [2.24, 2.45) is 0 Å². The molecule has 1 heterocycles. The van der Waals surface area contributed by atoms with E-state index in [2.05, 4.69) is 68.3 Å². The van der Waals surface area contributed by atoms with Gasteiger partial charge in [0.25, 0.3) is 0 Å². The van der Waals surface area contributed by atoms with Crippen LogP contribution in [0.4, 0.5) is 0 Å². The normalized spacial score (nSPS) is 22.2. The molecule has 0 saturated carbocycles. The zero-order valence-corrected chi connectivity index (χ0v) is 17.0.